The van der Waals surface area contributed by atoms with Crippen molar-refractivity contribution in [1.82, 2.24) is 39.5 Å². The smallest absolute Gasteiger partial charge is 0.154 e. The van der Waals surface area contributed by atoms with E-state index in [0.29, 0.717) is 55.4 Å². The molecule has 2 aliphatic heterocycles. The summed E-state index contributed by atoms with van der Waals surface area (Å²) < 4.78 is 14.1. The summed E-state index contributed by atoms with van der Waals surface area (Å²) in [4.78, 5) is 21.5. The van der Waals surface area contributed by atoms with Crippen LogP contribution in [0.3, 0.4) is 0 Å². The van der Waals surface area contributed by atoms with Crippen LogP contribution in [0.4, 0.5) is 0 Å². The van der Waals surface area contributed by atoms with Crippen LogP contribution in [0, 0.1) is 11.8 Å². The number of hydrogen-bond acceptors (Lipinski definition) is 12. The SMILES string of the molecule is NC(c1cccc(-c2ccc3cnn(-c4cccc(CO)n4)c3c2)n1)C1COC1.[N-]=[N+]=NC(c1cccc(-c2ccc3cnn(-c4cccc(CO)n4)c3c2)n1)C1COC1. The number of benzene rings is 2. The Morgan fingerprint density at radius 3 is 1.63 bits per heavy atom. The molecule has 0 radical (unpaired) electrons. The number of nitrogens with zero attached hydrogens (tertiary/aromatic N) is 11. The average Bonchev–Trinajstić information content (AvgIpc) is 3.89. The van der Waals surface area contributed by atoms with Crippen LogP contribution < -0.4 is 5.73 Å². The first-order valence-corrected chi connectivity index (χ1v) is 19.5. The topological polar surface area (TPSA) is 221 Å². The first-order valence-electron chi connectivity index (χ1n) is 19.5. The average molecular weight is 801 g/mol. The zero-order valence-corrected chi connectivity index (χ0v) is 32.3. The van der Waals surface area contributed by atoms with E-state index in [-0.39, 0.29) is 31.2 Å². The first-order chi connectivity index (χ1) is 29.5. The summed E-state index contributed by atoms with van der Waals surface area (Å²) in [5, 5.41) is 33.7. The van der Waals surface area contributed by atoms with E-state index >= 15 is 0 Å². The fourth-order valence-corrected chi connectivity index (χ4v) is 7.23. The summed E-state index contributed by atoms with van der Waals surface area (Å²) in [5.74, 6) is 1.77. The molecule has 2 fully saturated rings. The molecule has 16 heteroatoms. The number of nitrogens with two attached hydrogens (primary N) is 1. The second-order valence-electron chi connectivity index (χ2n) is 14.6. The Kier molecular flexibility index (Phi) is 11.0. The number of hydrogen-bond donors (Lipinski definition) is 3. The Balaban J connectivity index is 0.000000154. The number of aliphatic hydroxyl groups excluding tert-OH is 2. The second-order valence-corrected chi connectivity index (χ2v) is 14.6. The fraction of sp³-hybridized carbons (Fsp3) is 0.227. The summed E-state index contributed by atoms with van der Waals surface area (Å²) in [6.45, 7) is 2.28. The van der Waals surface area contributed by atoms with Crippen molar-refractivity contribution in [3.05, 3.63) is 155 Å². The van der Waals surface area contributed by atoms with E-state index in [1.165, 1.54) is 0 Å². The third kappa shape index (κ3) is 7.81. The van der Waals surface area contributed by atoms with E-state index in [4.69, 9.17) is 30.7 Å². The summed E-state index contributed by atoms with van der Waals surface area (Å²) in [6.07, 6.45) is 3.59. The van der Waals surface area contributed by atoms with Crippen LogP contribution in [-0.4, -0.2) is 76.1 Å². The lowest BCUT2D eigenvalue weighted by molar-refractivity contribution is -0.0447. The monoisotopic (exact) mass is 800 g/mol. The summed E-state index contributed by atoms with van der Waals surface area (Å²) in [7, 11) is 0. The molecule has 2 unspecified atom stereocenters. The predicted molar refractivity (Wildman–Crippen MR) is 223 cm³/mol. The van der Waals surface area contributed by atoms with Gasteiger partial charge >= 0.3 is 0 Å². The predicted octanol–water partition coefficient (Wildman–Crippen LogP) is 6.59. The van der Waals surface area contributed by atoms with Crippen molar-refractivity contribution in [1.29, 1.82) is 0 Å². The molecule has 10 rings (SSSR count). The number of fused-ring (bicyclic) bond motifs is 2. The molecule has 2 saturated heterocycles. The van der Waals surface area contributed by atoms with E-state index < -0.39 is 0 Å². The largest absolute Gasteiger partial charge is 0.390 e. The molecule has 2 aromatic carbocycles. The van der Waals surface area contributed by atoms with Crippen molar-refractivity contribution >= 4 is 21.8 Å². The van der Waals surface area contributed by atoms with E-state index in [0.717, 1.165) is 55.7 Å². The quantitative estimate of drug-likeness (QED) is 0.0719. The minimum Gasteiger partial charge on any atom is -0.390 e. The molecule has 2 aliphatic rings. The molecule has 8 heterocycles. The molecule has 0 saturated carbocycles. The van der Waals surface area contributed by atoms with Gasteiger partial charge in [-0.05, 0) is 66.2 Å². The Labute approximate surface area is 343 Å². The van der Waals surface area contributed by atoms with Crippen molar-refractivity contribution in [3.8, 4) is 34.2 Å². The molecular formula is C44H40N12O4. The maximum Gasteiger partial charge on any atom is 0.154 e. The highest BCUT2D eigenvalue weighted by molar-refractivity contribution is 5.86. The van der Waals surface area contributed by atoms with Crippen molar-refractivity contribution in [2.75, 3.05) is 26.4 Å². The van der Waals surface area contributed by atoms with E-state index in [1.807, 2.05) is 97.2 Å². The van der Waals surface area contributed by atoms with Crippen LogP contribution in [0.15, 0.2) is 127 Å². The summed E-state index contributed by atoms with van der Waals surface area (Å²) in [6, 6.07) is 34.3. The lowest BCUT2D eigenvalue weighted by Crippen LogP contribution is -2.37. The standard InChI is InChI=1S/C22H19N7O2.C22H21N5O2/c23-28-27-22(16-12-31-13-16)19-5-2-4-18(26-19)14-7-8-15-10-24-29(20(15)9-14)21-6-1-3-17(11-30)25-21;23-22(16-12-29-13-16)19-5-2-4-18(26-19)14-7-8-15-10-24-27(20(15)9-14)21-6-1-3-17(11-28)25-21/h1-10,16,22,30H,11-13H2;1-10,16,22,28H,11-13,23H2. The van der Waals surface area contributed by atoms with Gasteiger partial charge in [-0.1, -0.05) is 53.6 Å². The number of aromatic nitrogens is 8. The normalized spacial score (nSPS) is 15.1. The van der Waals surface area contributed by atoms with Gasteiger partial charge in [-0.15, -0.1) is 0 Å². The number of ether oxygens (including phenoxy) is 2. The third-order valence-electron chi connectivity index (χ3n) is 10.7. The second kappa shape index (κ2) is 17.1. The molecule has 0 bridgehead atoms. The van der Waals surface area contributed by atoms with Crippen molar-refractivity contribution < 1.29 is 19.7 Å². The molecular weight excluding hydrogens is 761 g/mol. The van der Waals surface area contributed by atoms with Crippen LogP contribution in [0.5, 0.6) is 0 Å². The molecule has 0 amide bonds. The molecule has 2 atom stereocenters. The summed E-state index contributed by atoms with van der Waals surface area (Å²) >= 11 is 0. The number of azide groups is 1. The highest BCUT2D eigenvalue weighted by Crippen LogP contribution is 2.33. The Hall–Kier alpha value is -6.91. The Morgan fingerprint density at radius 2 is 1.15 bits per heavy atom. The lowest BCUT2D eigenvalue weighted by Gasteiger charge is -2.31. The third-order valence-corrected chi connectivity index (χ3v) is 10.7. The van der Waals surface area contributed by atoms with Gasteiger partial charge in [0.25, 0.3) is 0 Å². The van der Waals surface area contributed by atoms with Gasteiger partial charge in [0.15, 0.2) is 11.6 Å². The maximum absolute atomic E-state index is 9.40. The molecule has 6 aromatic heterocycles. The van der Waals surface area contributed by atoms with Gasteiger partial charge < -0.3 is 25.4 Å². The lowest BCUT2D eigenvalue weighted by atomic mass is 9.95. The molecule has 300 valence electrons. The Morgan fingerprint density at radius 1 is 0.650 bits per heavy atom. The minimum absolute atomic E-state index is 0.110. The zero-order chi connectivity index (χ0) is 41.0. The van der Waals surface area contributed by atoms with Crippen LogP contribution in [0.2, 0.25) is 0 Å². The van der Waals surface area contributed by atoms with Crippen LogP contribution in [0.1, 0.15) is 34.9 Å². The highest BCUT2D eigenvalue weighted by Gasteiger charge is 2.30. The number of pyridine rings is 4. The van der Waals surface area contributed by atoms with Gasteiger partial charge in [0.05, 0.1) is 109 Å². The van der Waals surface area contributed by atoms with Gasteiger partial charge in [-0.25, -0.2) is 19.3 Å². The molecule has 0 aliphatic carbocycles. The molecule has 0 spiro atoms. The van der Waals surface area contributed by atoms with Crippen LogP contribution in [-0.2, 0) is 22.7 Å². The first kappa shape index (κ1) is 38.6. The molecule has 8 aromatic rings. The van der Waals surface area contributed by atoms with Crippen molar-refractivity contribution in [3.63, 3.8) is 0 Å². The van der Waals surface area contributed by atoms with Crippen LogP contribution in [0.25, 0.3) is 66.4 Å². The highest BCUT2D eigenvalue weighted by atomic mass is 16.5. The minimum atomic E-state index is -0.349. The maximum atomic E-state index is 9.40. The van der Waals surface area contributed by atoms with Gasteiger partial charge in [0, 0.05) is 38.6 Å². The van der Waals surface area contributed by atoms with Crippen molar-refractivity contribution in [2.24, 2.45) is 22.7 Å². The van der Waals surface area contributed by atoms with Crippen LogP contribution >= 0.6 is 0 Å². The molecule has 4 N–H and O–H groups in total. The number of rotatable bonds is 11. The Bertz CT molecular complexity index is 2850. The number of aliphatic hydroxyl groups is 2. The molecule has 60 heavy (non-hydrogen) atoms. The van der Waals surface area contributed by atoms with Gasteiger partial charge in [-0.3, -0.25) is 9.97 Å². The molecule has 16 nitrogen and oxygen atoms in total. The zero-order valence-electron chi connectivity index (χ0n) is 32.3. The van der Waals surface area contributed by atoms with E-state index in [9.17, 15) is 10.2 Å². The van der Waals surface area contributed by atoms with Crippen molar-refractivity contribution in [2.45, 2.75) is 25.3 Å². The fourth-order valence-electron chi connectivity index (χ4n) is 7.23. The van der Waals surface area contributed by atoms with E-state index in [1.54, 1.807) is 27.7 Å². The van der Waals surface area contributed by atoms with Gasteiger partial charge in [0.1, 0.15) is 0 Å². The van der Waals surface area contributed by atoms with E-state index in [2.05, 4.69) is 36.3 Å². The van der Waals surface area contributed by atoms with Gasteiger partial charge in [-0.2, -0.15) is 10.2 Å². The van der Waals surface area contributed by atoms with Gasteiger partial charge in [0.2, 0.25) is 0 Å². The summed E-state index contributed by atoms with van der Waals surface area (Å²) in [5.41, 5.74) is 23.5.